The highest BCUT2D eigenvalue weighted by Crippen LogP contribution is 2.32. The number of aryl methyl sites for hydroxylation is 2. The summed E-state index contributed by atoms with van der Waals surface area (Å²) in [5.74, 6) is -0.134. The van der Waals surface area contributed by atoms with Crippen molar-refractivity contribution in [1.29, 1.82) is 0 Å². The van der Waals surface area contributed by atoms with E-state index in [0.29, 0.717) is 10.1 Å². The minimum absolute atomic E-state index is 0.134. The Labute approximate surface area is 163 Å². The van der Waals surface area contributed by atoms with Gasteiger partial charge in [0.15, 0.2) is 5.17 Å². The number of amides is 1. The predicted molar refractivity (Wildman–Crippen MR) is 112 cm³/mol. The fourth-order valence-corrected chi connectivity index (χ4v) is 4.87. The number of carbonyl (C=O) groups excluding carboxylic acids is 1. The standard InChI is InChI=1S/C19H15N3OS3/c1-11-4-3-5-12(2)16(11)21-19-22-17(23)15(26-19)8-14-10-25-18(20-14)13-6-7-24-9-13/h3-10H,1-2H3,(H,21,22,23). The Morgan fingerprint density at radius 1 is 1.15 bits per heavy atom. The van der Waals surface area contributed by atoms with Crippen molar-refractivity contribution in [1.82, 2.24) is 10.3 Å². The van der Waals surface area contributed by atoms with E-state index in [4.69, 9.17) is 0 Å². The first-order chi connectivity index (χ1) is 12.6. The maximum Gasteiger partial charge on any atom is 0.264 e. The molecule has 1 N–H and O–H groups in total. The Balaban J connectivity index is 1.58. The average molecular weight is 398 g/mol. The molecule has 4 nitrogen and oxygen atoms in total. The fourth-order valence-electron chi connectivity index (χ4n) is 2.57. The zero-order valence-electron chi connectivity index (χ0n) is 14.1. The maximum absolute atomic E-state index is 12.3. The second kappa shape index (κ2) is 7.19. The number of thiophene rings is 1. The molecule has 130 valence electrons. The summed E-state index contributed by atoms with van der Waals surface area (Å²) in [6.07, 6.45) is 1.82. The van der Waals surface area contributed by atoms with E-state index in [0.717, 1.165) is 33.1 Å². The molecule has 1 amide bonds. The van der Waals surface area contributed by atoms with E-state index in [1.54, 1.807) is 22.7 Å². The van der Waals surface area contributed by atoms with E-state index < -0.39 is 0 Å². The Hall–Kier alpha value is -2.22. The zero-order valence-corrected chi connectivity index (χ0v) is 16.6. The highest BCUT2D eigenvalue weighted by molar-refractivity contribution is 8.18. The number of rotatable bonds is 3. The van der Waals surface area contributed by atoms with Crippen LogP contribution in [0.4, 0.5) is 5.69 Å². The van der Waals surface area contributed by atoms with Gasteiger partial charge in [-0.3, -0.25) is 4.79 Å². The van der Waals surface area contributed by atoms with Crippen LogP contribution in [0.25, 0.3) is 16.6 Å². The van der Waals surface area contributed by atoms with Crippen LogP contribution in [0.15, 0.2) is 50.3 Å². The van der Waals surface area contributed by atoms with Gasteiger partial charge >= 0.3 is 0 Å². The summed E-state index contributed by atoms with van der Waals surface area (Å²) in [6, 6.07) is 8.10. The Morgan fingerprint density at radius 2 is 1.96 bits per heavy atom. The smallest absolute Gasteiger partial charge is 0.264 e. The molecule has 2 aromatic heterocycles. The van der Waals surface area contributed by atoms with Gasteiger partial charge in [-0.2, -0.15) is 11.3 Å². The Kier molecular flexibility index (Phi) is 4.76. The summed E-state index contributed by atoms with van der Waals surface area (Å²) in [5.41, 5.74) is 4.99. The summed E-state index contributed by atoms with van der Waals surface area (Å²) in [6.45, 7) is 4.04. The third kappa shape index (κ3) is 3.51. The molecule has 0 atom stereocenters. The monoisotopic (exact) mass is 397 g/mol. The normalized spacial score (nSPS) is 17.2. The topological polar surface area (TPSA) is 54.4 Å². The van der Waals surface area contributed by atoms with Crippen molar-refractivity contribution in [3.63, 3.8) is 0 Å². The third-order valence-corrected chi connectivity index (χ3v) is 6.38. The number of thiazole rings is 1. The van der Waals surface area contributed by atoms with E-state index in [1.807, 2.05) is 54.9 Å². The van der Waals surface area contributed by atoms with Crippen LogP contribution >= 0.6 is 34.4 Å². The van der Waals surface area contributed by atoms with Gasteiger partial charge in [0.2, 0.25) is 0 Å². The summed E-state index contributed by atoms with van der Waals surface area (Å²) in [7, 11) is 0. The minimum atomic E-state index is -0.134. The zero-order chi connectivity index (χ0) is 18.1. The van der Waals surface area contributed by atoms with Crippen molar-refractivity contribution in [2.45, 2.75) is 13.8 Å². The molecule has 0 aliphatic carbocycles. The number of aliphatic imine (C=N–C) groups is 1. The number of nitrogens with one attached hydrogen (secondary N) is 1. The first kappa shape index (κ1) is 17.2. The second-order valence-corrected chi connectivity index (χ2v) is 8.48. The van der Waals surface area contributed by atoms with Gasteiger partial charge in [0.25, 0.3) is 5.91 Å². The first-order valence-electron chi connectivity index (χ1n) is 7.94. The second-order valence-electron chi connectivity index (χ2n) is 5.81. The lowest BCUT2D eigenvalue weighted by molar-refractivity contribution is -0.115. The Morgan fingerprint density at radius 3 is 2.69 bits per heavy atom. The molecule has 0 radical (unpaired) electrons. The minimum Gasteiger partial charge on any atom is -0.300 e. The van der Waals surface area contributed by atoms with Crippen LogP contribution in [0, 0.1) is 13.8 Å². The highest BCUT2D eigenvalue weighted by atomic mass is 32.2. The van der Waals surface area contributed by atoms with Crippen molar-refractivity contribution < 1.29 is 4.79 Å². The van der Waals surface area contributed by atoms with Crippen molar-refractivity contribution in [3.05, 3.63) is 62.1 Å². The molecular formula is C19H15N3OS3. The lowest BCUT2D eigenvalue weighted by Crippen LogP contribution is -2.19. The molecule has 3 heterocycles. The number of carbonyl (C=O) groups is 1. The largest absolute Gasteiger partial charge is 0.300 e. The molecule has 1 aliphatic heterocycles. The van der Waals surface area contributed by atoms with Crippen molar-refractivity contribution >= 4 is 57.3 Å². The van der Waals surface area contributed by atoms with Gasteiger partial charge in [-0.1, -0.05) is 18.2 Å². The van der Waals surface area contributed by atoms with E-state index in [-0.39, 0.29) is 5.91 Å². The SMILES string of the molecule is Cc1cccc(C)c1N=C1NC(=O)C(=Cc2csc(-c3ccsc3)n2)S1. The fraction of sp³-hybridized carbons (Fsp3) is 0.105. The molecule has 1 aromatic carbocycles. The van der Waals surface area contributed by atoms with Crippen LogP contribution in [0.5, 0.6) is 0 Å². The van der Waals surface area contributed by atoms with E-state index in [9.17, 15) is 4.79 Å². The number of aromatic nitrogens is 1. The quantitative estimate of drug-likeness (QED) is 0.604. The van der Waals surface area contributed by atoms with Crippen molar-refractivity contribution in [2.24, 2.45) is 4.99 Å². The number of para-hydroxylation sites is 1. The average Bonchev–Trinajstić information content (AvgIpc) is 3.33. The summed E-state index contributed by atoms with van der Waals surface area (Å²) < 4.78 is 0. The molecule has 26 heavy (non-hydrogen) atoms. The summed E-state index contributed by atoms with van der Waals surface area (Å²) in [4.78, 5) is 22.1. The van der Waals surface area contributed by atoms with Crippen LogP contribution in [0.3, 0.4) is 0 Å². The molecule has 7 heteroatoms. The Bertz CT molecular complexity index is 1010. The van der Waals surface area contributed by atoms with Crippen LogP contribution < -0.4 is 5.32 Å². The maximum atomic E-state index is 12.3. The van der Waals surface area contributed by atoms with Gasteiger partial charge in [-0.25, -0.2) is 9.98 Å². The molecular weight excluding hydrogens is 382 g/mol. The van der Waals surface area contributed by atoms with Crippen LogP contribution in [-0.4, -0.2) is 16.1 Å². The van der Waals surface area contributed by atoms with Crippen LogP contribution in [0.1, 0.15) is 16.8 Å². The summed E-state index contributed by atoms with van der Waals surface area (Å²) in [5, 5.41) is 10.5. The molecule has 1 aliphatic rings. The molecule has 4 rings (SSSR count). The predicted octanol–water partition coefficient (Wildman–Crippen LogP) is 5.38. The number of nitrogens with zero attached hydrogens (tertiary/aromatic N) is 2. The molecule has 0 saturated carbocycles. The highest BCUT2D eigenvalue weighted by Gasteiger charge is 2.24. The number of hydrogen-bond acceptors (Lipinski definition) is 6. The molecule has 3 aromatic rings. The third-order valence-electron chi connectivity index (χ3n) is 3.87. The van der Waals surface area contributed by atoms with Gasteiger partial charge in [0.05, 0.1) is 16.3 Å². The summed E-state index contributed by atoms with van der Waals surface area (Å²) >= 11 is 4.58. The van der Waals surface area contributed by atoms with Crippen LogP contribution in [0.2, 0.25) is 0 Å². The molecule has 0 bridgehead atoms. The molecule has 0 unspecified atom stereocenters. The lowest BCUT2D eigenvalue weighted by Gasteiger charge is -2.04. The van der Waals surface area contributed by atoms with Gasteiger partial charge in [-0.15, -0.1) is 11.3 Å². The number of amidine groups is 1. The van der Waals surface area contributed by atoms with Gasteiger partial charge in [0, 0.05) is 16.3 Å². The van der Waals surface area contributed by atoms with Gasteiger partial charge in [-0.05, 0) is 54.3 Å². The van der Waals surface area contributed by atoms with Gasteiger partial charge in [0.1, 0.15) is 5.01 Å². The molecule has 1 fully saturated rings. The van der Waals surface area contributed by atoms with E-state index in [1.165, 1.54) is 11.8 Å². The van der Waals surface area contributed by atoms with Crippen LogP contribution in [-0.2, 0) is 4.79 Å². The number of thioether (sulfide) groups is 1. The molecule has 0 spiro atoms. The van der Waals surface area contributed by atoms with E-state index >= 15 is 0 Å². The van der Waals surface area contributed by atoms with Crippen molar-refractivity contribution in [2.75, 3.05) is 0 Å². The van der Waals surface area contributed by atoms with Gasteiger partial charge < -0.3 is 5.32 Å². The molecule has 1 saturated heterocycles. The number of hydrogen-bond donors (Lipinski definition) is 1. The van der Waals surface area contributed by atoms with Crippen molar-refractivity contribution in [3.8, 4) is 10.6 Å². The van der Waals surface area contributed by atoms with E-state index in [2.05, 4.69) is 20.7 Å². The lowest BCUT2D eigenvalue weighted by atomic mass is 10.1. The number of benzene rings is 1. The first-order valence-corrected chi connectivity index (χ1v) is 10.6.